The van der Waals surface area contributed by atoms with Crippen LogP contribution in [-0.2, 0) is 14.2 Å². The van der Waals surface area contributed by atoms with Crippen molar-refractivity contribution in [1.29, 1.82) is 10.5 Å². The van der Waals surface area contributed by atoms with E-state index in [0.717, 1.165) is 54.9 Å². The van der Waals surface area contributed by atoms with Gasteiger partial charge in [0.15, 0.2) is 5.00 Å². The Balaban J connectivity index is 2.21. The molecule has 0 bridgehead atoms. The maximum Gasteiger partial charge on any atom is 0.158 e. The summed E-state index contributed by atoms with van der Waals surface area (Å²) in [7, 11) is 1.64. The Bertz CT molecular complexity index is 1240. The summed E-state index contributed by atoms with van der Waals surface area (Å²) < 4.78 is 24.4. The second-order valence-corrected chi connectivity index (χ2v) is 11.3. The molecule has 10 nitrogen and oxygen atoms in total. The van der Waals surface area contributed by atoms with Crippen LogP contribution in [0, 0.1) is 36.5 Å². The largest absolute Gasteiger partial charge is 0.495 e. The molecule has 0 amide bonds. The Morgan fingerprint density at radius 2 is 1.47 bits per heavy atom. The molecular formula is C32H49N6O4S+. The first-order chi connectivity index (χ1) is 20.8. The summed E-state index contributed by atoms with van der Waals surface area (Å²) in [5.41, 5.74) is 3.47. The number of anilines is 1. The lowest BCUT2D eigenvalue weighted by atomic mass is 10.1. The van der Waals surface area contributed by atoms with Gasteiger partial charge < -0.3 is 28.3 Å². The first-order valence-corrected chi connectivity index (χ1v) is 16.0. The molecular weight excluding hydrogens is 564 g/mol. The van der Waals surface area contributed by atoms with Crippen molar-refractivity contribution in [2.75, 3.05) is 90.9 Å². The van der Waals surface area contributed by atoms with Gasteiger partial charge >= 0.3 is 0 Å². The number of azo groups is 1. The number of rotatable bonds is 21. The highest BCUT2D eigenvalue weighted by molar-refractivity contribution is 7.16. The molecule has 1 aromatic heterocycles. The molecule has 0 fully saturated rings. The SMILES string of the molecule is CCCOCCOCCN(CCOCC[N+](CC)(CC)CC)c1cc(C)c(N=Nc2sc(C#N)c(C)c2C#N)cc1OC. The van der Waals surface area contributed by atoms with E-state index >= 15 is 0 Å². The van der Waals surface area contributed by atoms with Crippen LogP contribution in [0.4, 0.5) is 16.4 Å². The van der Waals surface area contributed by atoms with E-state index in [0.29, 0.717) is 78.6 Å². The van der Waals surface area contributed by atoms with Crippen LogP contribution in [-0.4, -0.2) is 90.5 Å². The predicted octanol–water partition coefficient (Wildman–Crippen LogP) is 6.68. The van der Waals surface area contributed by atoms with E-state index in [-0.39, 0.29) is 0 Å². The molecule has 2 aromatic rings. The van der Waals surface area contributed by atoms with Crippen LogP contribution in [0.3, 0.4) is 0 Å². The van der Waals surface area contributed by atoms with Crippen LogP contribution in [0.5, 0.6) is 5.75 Å². The Morgan fingerprint density at radius 1 is 0.837 bits per heavy atom. The number of quaternary nitrogens is 1. The number of aryl methyl sites for hydroxylation is 1. The number of hydrogen-bond acceptors (Lipinski definition) is 10. The van der Waals surface area contributed by atoms with Crippen molar-refractivity contribution in [3.63, 3.8) is 0 Å². The van der Waals surface area contributed by atoms with Gasteiger partial charge in [-0.2, -0.15) is 10.5 Å². The van der Waals surface area contributed by atoms with Crippen LogP contribution in [0.2, 0.25) is 0 Å². The van der Waals surface area contributed by atoms with E-state index in [9.17, 15) is 10.5 Å². The van der Waals surface area contributed by atoms with E-state index < -0.39 is 0 Å². The van der Waals surface area contributed by atoms with Crippen molar-refractivity contribution in [3.8, 4) is 17.9 Å². The molecule has 1 heterocycles. The molecule has 0 N–H and O–H groups in total. The molecule has 43 heavy (non-hydrogen) atoms. The summed E-state index contributed by atoms with van der Waals surface area (Å²) in [5, 5.41) is 28.1. The fourth-order valence-corrected chi connectivity index (χ4v) is 5.64. The summed E-state index contributed by atoms with van der Waals surface area (Å²) in [6, 6.07) is 8.16. The van der Waals surface area contributed by atoms with Crippen molar-refractivity contribution >= 4 is 27.7 Å². The zero-order valence-electron chi connectivity index (χ0n) is 27.1. The second-order valence-electron chi connectivity index (χ2n) is 10.3. The van der Waals surface area contributed by atoms with E-state index in [1.807, 2.05) is 19.1 Å². The minimum absolute atomic E-state index is 0.380. The summed E-state index contributed by atoms with van der Waals surface area (Å²) in [5.74, 6) is 0.657. The molecule has 236 valence electrons. The number of methoxy groups -OCH3 is 1. The standard InChI is InChI=1S/C32H49N6O4S/c1-8-15-40-19-20-42-17-13-37(12-16-41-18-14-38(9-2,10-3)11-4)29-21-25(5)28(22-30(29)39-7)35-36-32-27(23-33)26(6)31(24-34)43-32/h21-22H,8-20H2,1-7H3/q+1. The summed E-state index contributed by atoms with van der Waals surface area (Å²) in [4.78, 5) is 2.69. The predicted molar refractivity (Wildman–Crippen MR) is 172 cm³/mol. The average Bonchev–Trinajstić information content (AvgIpc) is 3.34. The molecule has 0 radical (unpaired) electrons. The first-order valence-electron chi connectivity index (χ1n) is 15.2. The molecule has 0 atom stereocenters. The van der Waals surface area contributed by atoms with E-state index in [1.165, 1.54) is 11.3 Å². The second kappa shape index (κ2) is 19.3. The molecule has 0 aliphatic carbocycles. The van der Waals surface area contributed by atoms with Crippen molar-refractivity contribution < 1.29 is 23.4 Å². The van der Waals surface area contributed by atoms with E-state index in [4.69, 9.17) is 18.9 Å². The third kappa shape index (κ3) is 10.6. The minimum Gasteiger partial charge on any atom is -0.495 e. The summed E-state index contributed by atoms with van der Waals surface area (Å²) >= 11 is 1.17. The molecule has 0 aliphatic heterocycles. The molecule has 1 aromatic carbocycles. The van der Waals surface area contributed by atoms with Gasteiger partial charge in [0.2, 0.25) is 0 Å². The maximum absolute atomic E-state index is 9.56. The monoisotopic (exact) mass is 613 g/mol. The number of likely N-dealkylation sites (N-methyl/N-ethyl adjacent to an activating group) is 1. The minimum atomic E-state index is 0.380. The smallest absolute Gasteiger partial charge is 0.158 e. The van der Waals surface area contributed by atoms with Gasteiger partial charge in [-0.05, 0) is 58.2 Å². The fourth-order valence-electron chi connectivity index (χ4n) is 4.76. The van der Waals surface area contributed by atoms with Gasteiger partial charge in [-0.3, -0.25) is 0 Å². The van der Waals surface area contributed by atoms with Crippen molar-refractivity contribution in [2.45, 2.75) is 48.0 Å². The van der Waals surface area contributed by atoms with Crippen molar-refractivity contribution in [3.05, 3.63) is 33.7 Å². The zero-order valence-corrected chi connectivity index (χ0v) is 27.9. The Kier molecular flexibility index (Phi) is 16.2. The lowest BCUT2D eigenvalue weighted by Crippen LogP contribution is -2.49. The number of benzene rings is 1. The molecule has 0 spiro atoms. The molecule has 0 saturated heterocycles. The van der Waals surface area contributed by atoms with E-state index in [2.05, 4.69) is 55.0 Å². The van der Waals surface area contributed by atoms with Gasteiger partial charge in [0, 0.05) is 25.8 Å². The molecule has 0 unspecified atom stereocenters. The van der Waals surface area contributed by atoms with Gasteiger partial charge in [0.1, 0.15) is 29.3 Å². The van der Waals surface area contributed by atoms with Crippen molar-refractivity contribution in [1.82, 2.24) is 0 Å². The van der Waals surface area contributed by atoms with Crippen LogP contribution < -0.4 is 9.64 Å². The van der Waals surface area contributed by atoms with Gasteiger partial charge in [0.05, 0.1) is 76.7 Å². The number of hydrogen-bond donors (Lipinski definition) is 0. The lowest BCUT2D eigenvalue weighted by Gasteiger charge is -2.35. The number of nitrogens with zero attached hydrogens (tertiary/aromatic N) is 6. The van der Waals surface area contributed by atoms with E-state index in [1.54, 1.807) is 14.0 Å². The molecule has 0 aliphatic rings. The average molecular weight is 614 g/mol. The third-order valence-corrected chi connectivity index (χ3v) is 8.96. The third-order valence-electron chi connectivity index (χ3n) is 7.88. The molecule has 0 saturated carbocycles. The van der Waals surface area contributed by atoms with Crippen LogP contribution in [0.15, 0.2) is 22.4 Å². The number of nitriles is 2. The quantitative estimate of drug-likeness (QED) is 0.0877. The highest BCUT2D eigenvalue weighted by Gasteiger charge is 2.21. The van der Waals surface area contributed by atoms with Gasteiger partial charge in [-0.15, -0.1) is 21.6 Å². The number of ether oxygens (including phenoxy) is 4. The first kappa shape index (κ1) is 36.1. The van der Waals surface area contributed by atoms with Gasteiger partial charge in [0.25, 0.3) is 0 Å². The molecule has 11 heteroatoms. The highest BCUT2D eigenvalue weighted by Crippen LogP contribution is 2.38. The lowest BCUT2D eigenvalue weighted by molar-refractivity contribution is -0.923. The van der Waals surface area contributed by atoms with Crippen LogP contribution >= 0.6 is 11.3 Å². The number of thiophene rings is 1. The Labute approximate surface area is 262 Å². The fraction of sp³-hybridized carbons (Fsp3) is 0.625. The maximum atomic E-state index is 9.56. The normalized spacial score (nSPS) is 11.6. The topological polar surface area (TPSA) is 112 Å². The molecule has 2 rings (SSSR count). The highest BCUT2D eigenvalue weighted by atomic mass is 32.1. The zero-order chi connectivity index (χ0) is 31.7. The van der Waals surface area contributed by atoms with Crippen LogP contribution in [0.25, 0.3) is 0 Å². The van der Waals surface area contributed by atoms with Crippen LogP contribution in [0.1, 0.15) is 55.7 Å². The van der Waals surface area contributed by atoms with Gasteiger partial charge in [-0.25, -0.2) is 0 Å². The van der Waals surface area contributed by atoms with Crippen molar-refractivity contribution in [2.24, 2.45) is 10.2 Å². The Morgan fingerprint density at radius 3 is 2.02 bits per heavy atom. The Hall–Kier alpha value is -3.06. The van der Waals surface area contributed by atoms with Gasteiger partial charge in [-0.1, -0.05) is 6.92 Å². The summed E-state index contributed by atoms with van der Waals surface area (Å²) in [6.45, 7) is 21.9. The summed E-state index contributed by atoms with van der Waals surface area (Å²) in [6.07, 6.45) is 0.991.